The van der Waals surface area contributed by atoms with Crippen molar-refractivity contribution in [3.63, 3.8) is 0 Å². The van der Waals surface area contributed by atoms with Crippen LogP contribution < -0.4 is 4.90 Å². The molecule has 1 aromatic rings. The summed E-state index contributed by atoms with van der Waals surface area (Å²) >= 11 is 0. The van der Waals surface area contributed by atoms with E-state index >= 15 is 0 Å². The van der Waals surface area contributed by atoms with Crippen molar-refractivity contribution in [1.29, 1.82) is 0 Å². The number of rotatable bonds is 11. The van der Waals surface area contributed by atoms with Gasteiger partial charge in [-0.05, 0) is 49.8 Å². The third-order valence-corrected chi connectivity index (χ3v) is 3.71. The van der Waals surface area contributed by atoms with E-state index in [4.69, 9.17) is 5.11 Å². The molecule has 114 valence electrons. The predicted molar refractivity (Wildman–Crippen MR) is 88.5 cm³/mol. The second-order valence-electron chi connectivity index (χ2n) is 5.54. The van der Waals surface area contributed by atoms with E-state index in [0.29, 0.717) is 6.61 Å². The van der Waals surface area contributed by atoms with Gasteiger partial charge in [0, 0.05) is 25.4 Å². The Balaban J connectivity index is 2.66. The highest BCUT2D eigenvalue weighted by Crippen LogP contribution is 2.19. The summed E-state index contributed by atoms with van der Waals surface area (Å²) in [4.78, 5) is 2.48. The lowest BCUT2D eigenvalue weighted by Crippen LogP contribution is -2.25. The molecule has 1 aromatic carbocycles. The molecule has 0 spiro atoms. The maximum absolute atomic E-state index is 8.95. The normalized spacial score (nSPS) is 10.8. The number of benzene rings is 1. The highest BCUT2D eigenvalue weighted by molar-refractivity contribution is 5.48. The Morgan fingerprint density at radius 2 is 1.70 bits per heavy atom. The molecular formula is C18H31NO. The highest BCUT2D eigenvalue weighted by Gasteiger charge is 2.06. The van der Waals surface area contributed by atoms with Crippen LogP contribution in [0.4, 0.5) is 5.69 Å². The lowest BCUT2D eigenvalue weighted by molar-refractivity contribution is 0.285. The van der Waals surface area contributed by atoms with Crippen molar-refractivity contribution >= 4 is 5.69 Å². The molecule has 1 N–H and O–H groups in total. The number of hydrogen-bond acceptors (Lipinski definition) is 2. The average Bonchev–Trinajstić information content (AvgIpc) is 2.49. The van der Waals surface area contributed by atoms with E-state index in [-0.39, 0.29) is 0 Å². The number of aliphatic hydroxyl groups is 1. The number of unbranched alkanes of at least 4 members (excludes halogenated alkanes) is 3. The van der Waals surface area contributed by atoms with E-state index in [1.165, 1.54) is 43.4 Å². The summed E-state index contributed by atoms with van der Waals surface area (Å²) in [6.07, 6.45) is 8.13. The molecule has 2 heteroatoms. The minimum absolute atomic E-state index is 0.304. The Hall–Kier alpha value is -1.02. The molecule has 0 fully saturated rings. The summed E-state index contributed by atoms with van der Waals surface area (Å²) in [5.74, 6) is 0. The van der Waals surface area contributed by atoms with Crippen LogP contribution in [0.1, 0.15) is 57.9 Å². The molecule has 1 rings (SSSR count). The number of hydrogen-bond donors (Lipinski definition) is 1. The van der Waals surface area contributed by atoms with Gasteiger partial charge in [-0.25, -0.2) is 0 Å². The monoisotopic (exact) mass is 277 g/mol. The zero-order chi connectivity index (χ0) is 14.6. The third-order valence-electron chi connectivity index (χ3n) is 3.71. The van der Waals surface area contributed by atoms with Crippen LogP contribution in [0.15, 0.2) is 24.3 Å². The number of aliphatic hydroxyl groups excluding tert-OH is 1. The van der Waals surface area contributed by atoms with E-state index < -0.39 is 0 Å². The van der Waals surface area contributed by atoms with Gasteiger partial charge in [-0.2, -0.15) is 0 Å². The molecule has 0 radical (unpaired) electrons. The molecular weight excluding hydrogens is 246 g/mol. The first kappa shape index (κ1) is 17.0. The van der Waals surface area contributed by atoms with E-state index in [2.05, 4.69) is 43.0 Å². The second-order valence-corrected chi connectivity index (χ2v) is 5.54. The van der Waals surface area contributed by atoms with E-state index in [0.717, 1.165) is 25.9 Å². The smallest absolute Gasteiger partial charge is 0.0431 e. The maximum atomic E-state index is 8.95. The van der Waals surface area contributed by atoms with Crippen LogP contribution >= 0.6 is 0 Å². The molecule has 0 aliphatic rings. The van der Waals surface area contributed by atoms with E-state index in [9.17, 15) is 0 Å². The van der Waals surface area contributed by atoms with Crippen molar-refractivity contribution in [2.75, 3.05) is 24.6 Å². The molecule has 0 aliphatic heterocycles. The second kappa shape index (κ2) is 10.7. The van der Waals surface area contributed by atoms with Gasteiger partial charge in [-0.3, -0.25) is 0 Å². The standard InChI is InChI=1S/C18H31NO/c1-3-5-10-17-11-9-12-18(16-17)19(13-6-4-2)14-7-8-15-20/h9,11-12,16,20H,3-8,10,13-15H2,1-2H3. The molecule has 0 aromatic heterocycles. The van der Waals surface area contributed by atoms with Crippen LogP contribution in [-0.4, -0.2) is 24.8 Å². The van der Waals surface area contributed by atoms with Crippen LogP contribution in [0.25, 0.3) is 0 Å². The lowest BCUT2D eigenvalue weighted by atomic mass is 10.1. The highest BCUT2D eigenvalue weighted by atomic mass is 16.2. The first-order valence-electron chi connectivity index (χ1n) is 8.26. The van der Waals surface area contributed by atoms with Gasteiger partial charge in [-0.15, -0.1) is 0 Å². The van der Waals surface area contributed by atoms with E-state index in [1.807, 2.05) is 0 Å². The quantitative estimate of drug-likeness (QED) is 0.606. The molecule has 20 heavy (non-hydrogen) atoms. The molecule has 0 saturated heterocycles. The molecule has 0 saturated carbocycles. The van der Waals surface area contributed by atoms with Crippen molar-refractivity contribution < 1.29 is 5.11 Å². The van der Waals surface area contributed by atoms with Crippen molar-refractivity contribution in [3.8, 4) is 0 Å². The molecule has 0 bridgehead atoms. The van der Waals surface area contributed by atoms with E-state index in [1.54, 1.807) is 0 Å². The van der Waals surface area contributed by atoms with Crippen molar-refractivity contribution in [1.82, 2.24) is 0 Å². The van der Waals surface area contributed by atoms with Crippen molar-refractivity contribution in [3.05, 3.63) is 29.8 Å². The predicted octanol–water partition coefficient (Wildman–Crippen LogP) is 4.41. The molecule has 0 unspecified atom stereocenters. The number of anilines is 1. The Morgan fingerprint density at radius 3 is 2.40 bits per heavy atom. The fourth-order valence-electron chi connectivity index (χ4n) is 2.42. The zero-order valence-electron chi connectivity index (χ0n) is 13.3. The Labute approximate surface area is 124 Å². The summed E-state index contributed by atoms with van der Waals surface area (Å²) < 4.78 is 0. The largest absolute Gasteiger partial charge is 0.396 e. The van der Waals surface area contributed by atoms with Gasteiger partial charge in [0.1, 0.15) is 0 Å². The average molecular weight is 277 g/mol. The van der Waals surface area contributed by atoms with Crippen LogP contribution in [0, 0.1) is 0 Å². The van der Waals surface area contributed by atoms with Crippen LogP contribution in [0.5, 0.6) is 0 Å². The lowest BCUT2D eigenvalue weighted by Gasteiger charge is -2.25. The van der Waals surface area contributed by atoms with Crippen molar-refractivity contribution in [2.45, 2.75) is 58.8 Å². The van der Waals surface area contributed by atoms with Crippen molar-refractivity contribution in [2.24, 2.45) is 0 Å². The number of aryl methyl sites for hydroxylation is 1. The van der Waals surface area contributed by atoms with Gasteiger partial charge in [0.25, 0.3) is 0 Å². The SMILES string of the molecule is CCCCc1cccc(N(CCCC)CCCCO)c1. The van der Waals surface area contributed by atoms with Crippen LogP contribution in [0.2, 0.25) is 0 Å². The zero-order valence-corrected chi connectivity index (χ0v) is 13.3. The third kappa shape index (κ3) is 6.42. The van der Waals surface area contributed by atoms with Gasteiger partial charge in [0.05, 0.1) is 0 Å². The van der Waals surface area contributed by atoms with Gasteiger partial charge in [-0.1, -0.05) is 38.8 Å². The Kier molecular flexibility index (Phi) is 9.14. The van der Waals surface area contributed by atoms with Gasteiger partial charge >= 0.3 is 0 Å². The summed E-state index contributed by atoms with van der Waals surface area (Å²) in [5.41, 5.74) is 2.80. The fourth-order valence-corrected chi connectivity index (χ4v) is 2.42. The van der Waals surface area contributed by atoms with Gasteiger partial charge < -0.3 is 10.0 Å². The van der Waals surface area contributed by atoms with Crippen LogP contribution in [0.3, 0.4) is 0 Å². The molecule has 0 atom stereocenters. The Bertz CT molecular complexity index is 351. The first-order chi connectivity index (χ1) is 9.81. The van der Waals surface area contributed by atoms with Gasteiger partial charge in [0.2, 0.25) is 0 Å². The molecule has 0 amide bonds. The fraction of sp³-hybridized carbons (Fsp3) is 0.667. The van der Waals surface area contributed by atoms with Gasteiger partial charge in [0.15, 0.2) is 0 Å². The minimum atomic E-state index is 0.304. The van der Waals surface area contributed by atoms with Crippen LogP contribution in [-0.2, 0) is 6.42 Å². The minimum Gasteiger partial charge on any atom is -0.396 e. The molecule has 0 aliphatic carbocycles. The molecule has 2 nitrogen and oxygen atoms in total. The summed E-state index contributed by atoms with van der Waals surface area (Å²) in [6, 6.07) is 9.00. The summed E-state index contributed by atoms with van der Waals surface area (Å²) in [7, 11) is 0. The maximum Gasteiger partial charge on any atom is 0.0431 e. The molecule has 0 heterocycles. The summed E-state index contributed by atoms with van der Waals surface area (Å²) in [6.45, 7) is 6.96. The summed E-state index contributed by atoms with van der Waals surface area (Å²) in [5, 5.41) is 8.95. The first-order valence-corrected chi connectivity index (χ1v) is 8.26. The number of nitrogens with zero attached hydrogens (tertiary/aromatic N) is 1. The topological polar surface area (TPSA) is 23.5 Å². The Morgan fingerprint density at radius 1 is 0.950 bits per heavy atom.